The summed E-state index contributed by atoms with van der Waals surface area (Å²) in [6.45, 7) is 0. The molecule has 0 bridgehead atoms. The summed E-state index contributed by atoms with van der Waals surface area (Å²) in [5.74, 6) is -0.225. The van der Waals surface area contributed by atoms with E-state index in [0.29, 0.717) is 16.3 Å². The Bertz CT molecular complexity index is 949. The highest BCUT2D eigenvalue weighted by molar-refractivity contribution is 6.30. The second kappa shape index (κ2) is 7.28. The first-order valence-corrected chi connectivity index (χ1v) is 7.97. The number of halogens is 1. The monoisotopic (exact) mass is 353 g/mol. The van der Waals surface area contributed by atoms with E-state index in [4.69, 9.17) is 26.8 Å². The molecule has 0 fully saturated rings. The quantitative estimate of drug-likeness (QED) is 0.429. The van der Waals surface area contributed by atoms with Crippen LogP contribution in [0, 0.1) is 0 Å². The molecule has 0 heterocycles. The Morgan fingerprint density at radius 2 is 1.64 bits per heavy atom. The van der Waals surface area contributed by atoms with Crippen molar-refractivity contribution in [3.05, 3.63) is 83.1 Å². The van der Waals surface area contributed by atoms with Crippen LogP contribution in [0.15, 0.2) is 72.5 Å². The number of benzene rings is 3. The molecule has 0 aliphatic carbocycles. The van der Waals surface area contributed by atoms with Gasteiger partial charge in [0.05, 0.1) is 12.8 Å². The van der Waals surface area contributed by atoms with Gasteiger partial charge in [0.1, 0.15) is 5.75 Å². The first kappa shape index (κ1) is 16.9. The van der Waals surface area contributed by atoms with Gasteiger partial charge in [0.2, 0.25) is 5.76 Å². The fourth-order valence-electron chi connectivity index (χ4n) is 2.41. The molecule has 0 aliphatic heterocycles. The molecule has 0 saturated heterocycles. The highest BCUT2D eigenvalue weighted by Gasteiger charge is 2.19. The SMILES string of the molecule is COC(=O)/C(Oc1ccc2ccccc2c1)=C(\N)c1ccc(Cl)cc1. The van der Waals surface area contributed by atoms with E-state index in [-0.39, 0.29) is 11.5 Å². The van der Waals surface area contributed by atoms with Crippen LogP contribution in [-0.2, 0) is 9.53 Å². The van der Waals surface area contributed by atoms with Crippen LogP contribution in [0.3, 0.4) is 0 Å². The van der Waals surface area contributed by atoms with E-state index < -0.39 is 5.97 Å². The van der Waals surface area contributed by atoms with Crippen molar-refractivity contribution in [3.8, 4) is 5.75 Å². The number of carbonyl (C=O) groups is 1. The average Bonchev–Trinajstić information content (AvgIpc) is 2.65. The van der Waals surface area contributed by atoms with E-state index in [1.165, 1.54) is 7.11 Å². The van der Waals surface area contributed by atoms with Crippen molar-refractivity contribution in [1.82, 2.24) is 0 Å². The molecule has 5 heteroatoms. The third-order valence-electron chi connectivity index (χ3n) is 3.71. The summed E-state index contributed by atoms with van der Waals surface area (Å²) in [6.07, 6.45) is 0. The molecule has 0 aliphatic rings. The van der Waals surface area contributed by atoms with Crippen LogP contribution in [0.5, 0.6) is 5.75 Å². The van der Waals surface area contributed by atoms with Crippen molar-refractivity contribution in [2.24, 2.45) is 5.73 Å². The van der Waals surface area contributed by atoms with Gasteiger partial charge in [-0.25, -0.2) is 4.79 Å². The zero-order valence-electron chi connectivity index (χ0n) is 13.5. The molecule has 0 spiro atoms. The molecule has 2 N–H and O–H groups in total. The number of nitrogens with two attached hydrogens (primary N) is 1. The maximum atomic E-state index is 12.2. The summed E-state index contributed by atoms with van der Waals surface area (Å²) in [4.78, 5) is 12.2. The Morgan fingerprint density at radius 1 is 0.960 bits per heavy atom. The van der Waals surface area contributed by atoms with Crippen LogP contribution >= 0.6 is 11.6 Å². The maximum Gasteiger partial charge on any atom is 0.376 e. The van der Waals surface area contributed by atoms with Gasteiger partial charge in [-0.15, -0.1) is 0 Å². The predicted octanol–water partition coefficient (Wildman–Crippen LogP) is 4.37. The van der Waals surface area contributed by atoms with E-state index in [1.54, 1.807) is 30.3 Å². The fourth-order valence-corrected chi connectivity index (χ4v) is 2.53. The van der Waals surface area contributed by atoms with Gasteiger partial charge >= 0.3 is 5.97 Å². The van der Waals surface area contributed by atoms with Crippen LogP contribution in [0.4, 0.5) is 0 Å². The molecular formula is C20H16ClNO3. The van der Waals surface area contributed by atoms with Gasteiger partial charge < -0.3 is 15.2 Å². The Hall–Kier alpha value is -2.98. The van der Waals surface area contributed by atoms with Gasteiger partial charge in [0, 0.05) is 10.6 Å². The van der Waals surface area contributed by atoms with Gasteiger partial charge in [-0.05, 0) is 35.0 Å². The number of hydrogen-bond acceptors (Lipinski definition) is 4. The number of esters is 1. The highest BCUT2D eigenvalue weighted by Crippen LogP contribution is 2.25. The molecule has 126 valence electrons. The summed E-state index contributed by atoms with van der Waals surface area (Å²) < 4.78 is 10.6. The van der Waals surface area contributed by atoms with Gasteiger partial charge in [-0.3, -0.25) is 0 Å². The van der Waals surface area contributed by atoms with E-state index in [9.17, 15) is 4.79 Å². The number of rotatable bonds is 4. The minimum Gasteiger partial charge on any atom is -0.463 e. The smallest absolute Gasteiger partial charge is 0.376 e. The molecule has 4 nitrogen and oxygen atoms in total. The number of methoxy groups -OCH3 is 1. The number of carbonyl (C=O) groups excluding carboxylic acids is 1. The first-order chi connectivity index (χ1) is 12.1. The molecule has 25 heavy (non-hydrogen) atoms. The molecule has 0 atom stereocenters. The predicted molar refractivity (Wildman–Crippen MR) is 99.2 cm³/mol. The number of hydrogen-bond donors (Lipinski definition) is 1. The lowest BCUT2D eigenvalue weighted by Gasteiger charge is -2.12. The Morgan fingerprint density at radius 3 is 2.32 bits per heavy atom. The Balaban J connectivity index is 2.01. The molecule has 0 aromatic heterocycles. The Labute approximate surface area is 150 Å². The molecule has 0 saturated carbocycles. The first-order valence-electron chi connectivity index (χ1n) is 7.59. The summed E-state index contributed by atoms with van der Waals surface area (Å²) in [7, 11) is 1.28. The van der Waals surface area contributed by atoms with Crippen LogP contribution in [0.2, 0.25) is 5.02 Å². The second-order valence-corrected chi connectivity index (χ2v) is 5.79. The standard InChI is InChI=1S/C20H16ClNO3/c1-24-20(23)19(18(22)14-6-9-16(21)10-7-14)25-17-11-8-13-4-2-3-5-15(13)12-17/h2-12H,22H2,1H3/b19-18+. The lowest BCUT2D eigenvalue weighted by atomic mass is 10.1. The average molecular weight is 354 g/mol. The van der Waals surface area contributed by atoms with Gasteiger partial charge in [0.25, 0.3) is 0 Å². The lowest BCUT2D eigenvalue weighted by Crippen LogP contribution is -2.17. The van der Waals surface area contributed by atoms with Gasteiger partial charge in [-0.2, -0.15) is 0 Å². The molecule has 0 radical (unpaired) electrons. The number of fused-ring (bicyclic) bond motifs is 1. The van der Waals surface area contributed by atoms with E-state index in [1.807, 2.05) is 36.4 Å². The highest BCUT2D eigenvalue weighted by atomic mass is 35.5. The molecule has 0 amide bonds. The third-order valence-corrected chi connectivity index (χ3v) is 3.96. The van der Waals surface area contributed by atoms with Crippen molar-refractivity contribution < 1.29 is 14.3 Å². The Kier molecular flexibility index (Phi) is 4.91. The van der Waals surface area contributed by atoms with Crippen LogP contribution in [0.25, 0.3) is 16.5 Å². The third kappa shape index (κ3) is 3.75. The van der Waals surface area contributed by atoms with Crippen molar-refractivity contribution in [3.63, 3.8) is 0 Å². The van der Waals surface area contributed by atoms with Gasteiger partial charge in [0.15, 0.2) is 0 Å². The molecule has 3 aromatic carbocycles. The second-order valence-electron chi connectivity index (χ2n) is 5.35. The van der Waals surface area contributed by atoms with Crippen LogP contribution in [0.1, 0.15) is 5.56 Å². The van der Waals surface area contributed by atoms with Crippen molar-refractivity contribution >= 4 is 34.0 Å². The topological polar surface area (TPSA) is 61.5 Å². The summed E-state index contributed by atoms with van der Waals surface area (Å²) in [5.41, 5.74) is 6.93. The molecular weight excluding hydrogens is 338 g/mol. The van der Waals surface area contributed by atoms with Crippen molar-refractivity contribution in [2.45, 2.75) is 0 Å². The minimum atomic E-state index is -0.652. The normalized spacial score (nSPS) is 11.8. The molecule has 3 rings (SSSR count). The lowest BCUT2D eigenvalue weighted by molar-refractivity contribution is -0.138. The largest absolute Gasteiger partial charge is 0.463 e. The van der Waals surface area contributed by atoms with E-state index in [0.717, 1.165) is 10.8 Å². The van der Waals surface area contributed by atoms with Crippen LogP contribution in [-0.4, -0.2) is 13.1 Å². The van der Waals surface area contributed by atoms with E-state index >= 15 is 0 Å². The van der Waals surface area contributed by atoms with Gasteiger partial charge in [-0.1, -0.05) is 54.1 Å². The molecule has 0 unspecified atom stereocenters. The fraction of sp³-hybridized carbons (Fsp3) is 0.0500. The van der Waals surface area contributed by atoms with Crippen LogP contribution < -0.4 is 10.5 Å². The van der Waals surface area contributed by atoms with E-state index in [2.05, 4.69) is 0 Å². The zero-order chi connectivity index (χ0) is 17.8. The summed E-state index contributed by atoms with van der Waals surface area (Å²) in [6, 6.07) is 20.2. The minimum absolute atomic E-state index is 0.0693. The molecule has 3 aromatic rings. The summed E-state index contributed by atoms with van der Waals surface area (Å²) >= 11 is 5.89. The van der Waals surface area contributed by atoms with Crippen molar-refractivity contribution in [2.75, 3.05) is 7.11 Å². The number of ether oxygens (including phenoxy) is 2. The summed E-state index contributed by atoms with van der Waals surface area (Å²) in [5, 5.41) is 2.64. The maximum absolute atomic E-state index is 12.2. The van der Waals surface area contributed by atoms with Crippen molar-refractivity contribution in [1.29, 1.82) is 0 Å². The zero-order valence-corrected chi connectivity index (χ0v) is 14.3.